The van der Waals surface area contributed by atoms with E-state index in [1.807, 2.05) is 28.8 Å². The quantitative estimate of drug-likeness (QED) is 0.653. The van der Waals surface area contributed by atoms with Crippen molar-refractivity contribution in [2.45, 2.75) is 19.9 Å². The lowest BCUT2D eigenvalue weighted by Gasteiger charge is -2.06. The standard InChI is InChI=1S/C21H21N3O5S/c1-13(25)22-15-4-5-16-19(11-15)30-21(24(16)7-8-27-2)23-20(26)10-14-3-6-17-18(9-14)29-12-28-17/h3-6,9,11H,7-8,10,12H2,1-2H3,(H,22,25). The smallest absolute Gasteiger partial charge is 0.252 e. The van der Waals surface area contributed by atoms with Crippen LogP contribution in [0.25, 0.3) is 10.2 Å². The number of hydrogen-bond donors (Lipinski definition) is 1. The van der Waals surface area contributed by atoms with Gasteiger partial charge < -0.3 is 24.1 Å². The molecule has 0 saturated carbocycles. The number of nitrogens with one attached hydrogen (secondary N) is 1. The maximum atomic E-state index is 12.7. The molecule has 2 heterocycles. The Kier molecular flexibility index (Phi) is 5.82. The van der Waals surface area contributed by atoms with E-state index in [0.29, 0.717) is 35.1 Å². The van der Waals surface area contributed by atoms with Gasteiger partial charge in [0.15, 0.2) is 16.3 Å². The van der Waals surface area contributed by atoms with Gasteiger partial charge in [-0.25, -0.2) is 0 Å². The van der Waals surface area contributed by atoms with Crippen LogP contribution in [-0.2, 0) is 27.3 Å². The highest BCUT2D eigenvalue weighted by atomic mass is 32.1. The fourth-order valence-corrected chi connectivity index (χ4v) is 4.32. The zero-order valence-electron chi connectivity index (χ0n) is 16.6. The lowest BCUT2D eigenvalue weighted by molar-refractivity contribution is -0.117. The van der Waals surface area contributed by atoms with E-state index in [0.717, 1.165) is 15.8 Å². The first-order chi connectivity index (χ1) is 14.5. The van der Waals surface area contributed by atoms with Crippen LogP contribution in [0.4, 0.5) is 5.69 Å². The summed E-state index contributed by atoms with van der Waals surface area (Å²) in [6, 6.07) is 11.1. The third-order valence-corrected chi connectivity index (χ3v) is 5.58. The zero-order chi connectivity index (χ0) is 21.1. The van der Waals surface area contributed by atoms with Gasteiger partial charge in [0.05, 0.1) is 23.2 Å². The van der Waals surface area contributed by atoms with E-state index in [1.54, 1.807) is 19.2 Å². The highest BCUT2D eigenvalue weighted by molar-refractivity contribution is 7.16. The Morgan fingerprint density at radius 2 is 2.03 bits per heavy atom. The molecule has 3 aromatic rings. The summed E-state index contributed by atoms with van der Waals surface area (Å²) in [5.74, 6) is 0.929. The Hall–Kier alpha value is -3.17. The molecule has 156 valence electrons. The molecule has 1 aliphatic heterocycles. The van der Waals surface area contributed by atoms with Crippen molar-refractivity contribution in [1.29, 1.82) is 0 Å². The number of aromatic nitrogens is 1. The van der Waals surface area contributed by atoms with Gasteiger partial charge >= 0.3 is 0 Å². The third-order valence-electron chi connectivity index (χ3n) is 4.53. The van der Waals surface area contributed by atoms with Crippen molar-refractivity contribution in [3.8, 4) is 11.5 Å². The van der Waals surface area contributed by atoms with Gasteiger partial charge in [-0.2, -0.15) is 4.99 Å². The van der Waals surface area contributed by atoms with Crippen LogP contribution in [0.3, 0.4) is 0 Å². The largest absolute Gasteiger partial charge is 0.454 e. The molecule has 2 amide bonds. The van der Waals surface area contributed by atoms with Gasteiger partial charge in [-0.1, -0.05) is 17.4 Å². The number of fused-ring (bicyclic) bond motifs is 2. The first-order valence-electron chi connectivity index (χ1n) is 9.39. The number of benzene rings is 2. The Bertz CT molecular complexity index is 1180. The van der Waals surface area contributed by atoms with Crippen LogP contribution in [-0.4, -0.2) is 36.9 Å². The van der Waals surface area contributed by atoms with Crippen LogP contribution < -0.4 is 19.6 Å². The van der Waals surface area contributed by atoms with Gasteiger partial charge in [-0.3, -0.25) is 9.59 Å². The van der Waals surface area contributed by atoms with Crippen molar-refractivity contribution in [2.75, 3.05) is 25.8 Å². The van der Waals surface area contributed by atoms with E-state index < -0.39 is 0 Å². The van der Waals surface area contributed by atoms with E-state index in [4.69, 9.17) is 14.2 Å². The summed E-state index contributed by atoms with van der Waals surface area (Å²) in [6.45, 7) is 2.71. The lowest BCUT2D eigenvalue weighted by Crippen LogP contribution is -2.19. The summed E-state index contributed by atoms with van der Waals surface area (Å²) in [5.41, 5.74) is 2.44. The van der Waals surface area contributed by atoms with Crippen molar-refractivity contribution in [1.82, 2.24) is 4.57 Å². The van der Waals surface area contributed by atoms with Gasteiger partial charge in [0.2, 0.25) is 12.7 Å². The molecule has 0 bridgehead atoms. The Balaban J connectivity index is 1.65. The van der Waals surface area contributed by atoms with Gasteiger partial charge in [-0.05, 0) is 35.9 Å². The van der Waals surface area contributed by atoms with E-state index in [2.05, 4.69) is 10.3 Å². The molecule has 4 rings (SSSR count). The first-order valence-corrected chi connectivity index (χ1v) is 10.2. The molecule has 0 unspecified atom stereocenters. The summed E-state index contributed by atoms with van der Waals surface area (Å²) in [7, 11) is 1.63. The Labute approximate surface area is 176 Å². The number of hydrogen-bond acceptors (Lipinski definition) is 6. The topological polar surface area (TPSA) is 91.2 Å². The van der Waals surface area contributed by atoms with Gasteiger partial charge in [0, 0.05) is 26.3 Å². The van der Waals surface area contributed by atoms with E-state index in [-0.39, 0.29) is 25.0 Å². The number of carbonyl (C=O) groups is 2. The van der Waals surface area contributed by atoms with Crippen molar-refractivity contribution in [3.63, 3.8) is 0 Å². The van der Waals surface area contributed by atoms with Crippen molar-refractivity contribution in [2.24, 2.45) is 4.99 Å². The maximum Gasteiger partial charge on any atom is 0.252 e. The maximum absolute atomic E-state index is 12.7. The summed E-state index contributed by atoms with van der Waals surface area (Å²) < 4.78 is 18.8. The minimum Gasteiger partial charge on any atom is -0.454 e. The van der Waals surface area contributed by atoms with Crippen LogP contribution in [0.1, 0.15) is 12.5 Å². The highest BCUT2D eigenvalue weighted by Gasteiger charge is 2.15. The van der Waals surface area contributed by atoms with Gasteiger partial charge in [0.1, 0.15) is 0 Å². The second kappa shape index (κ2) is 8.68. The van der Waals surface area contributed by atoms with Gasteiger partial charge in [0.25, 0.3) is 5.91 Å². The third kappa shape index (κ3) is 4.37. The molecule has 0 radical (unpaired) electrons. The van der Waals surface area contributed by atoms with Crippen LogP contribution >= 0.6 is 11.3 Å². The molecule has 1 aliphatic rings. The molecule has 30 heavy (non-hydrogen) atoms. The number of amides is 2. The number of anilines is 1. The second-order valence-corrected chi connectivity index (χ2v) is 7.77. The number of carbonyl (C=O) groups excluding carboxylic acids is 2. The monoisotopic (exact) mass is 427 g/mol. The summed E-state index contributed by atoms with van der Waals surface area (Å²) in [6.07, 6.45) is 0.159. The molecule has 1 aromatic heterocycles. The van der Waals surface area contributed by atoms with Crippen LogP contribution in [0, 0.1) is 0 Å². The molecular formula is C21H21N3O5S. The molecule has 0 atom stereocenters. The van der Waals surface area contributed by atoms with Gasteiger partial charge in [-0.15, -0.1) is 0 Å². The number of thiazole rings is 1. The fraction of sp³-hybridized carbons (Fsp3) is 0.286. The lowest BCUT2D eigenvalue weighted by atomic mass is 10.1. The summed E-state index contributed by atoms with van der Waals surface area (Å²) in [5, 5.41) is 2.78. The van der Waals surface area contributed by atoms with Crippen LogP contribution in [0.15, 0.2) is 41.4 Å². The summed E-state index contributed by atoms with van der Waals surface area (Å²) >= 11 is 1.40. The molecule has 0 fully saturated rings. The van der Waals surface area contributed by atoms with Crippen molar-refractivity contribution in [3.05, 3.63) is 46.8 Å². The van der Waals surface area contributed by atoms with Crippen molar-refractivity contribution >= 4 is 39.1 Å². The van der Waals surface area contributed by atoms with E-state index >= 15 is 0 Å². The SMILES string of the molecule is COCCn1c(=NC(=O)Cc2ccc3c(c2)OCO3)sc2cc(NC(C)=O)ccc21. The average molecular weight is 427 g/mol. The predicted molar refractivity (Wildman–Crippen MR) is 113 cm³/mol. The zero-order valence-corrected chi connectivity index (χ0v) is 17.5. The number of ether oxygens (including phenoxy) is 3. The molecule has 2 aromatic carbocycles. The minimum absolute atomic E-state index is 0.137. The van der Waals surface area contributed by atoms with E-state index in [9.17, 15) is 9.59 Å². The Morgan fingerprint density at radius 1 is 1.20 bits per heavy atom. The average Bonchev–Trinajstić information content (AvgIpc) is 3.29. The van der Waals surface area contributed by atoms with Crippen LogP contribution in [0.2, 0.25) is 0 Å². The predicted octanol–water partition coefficient (Wildman–Crippen LogP) is 2.71. The highest BCUT2D eigenvalue weighted by Crippen LogP contribution is 2.32. The normalized spacial score (nSPS) is 13.1. The van der Waals surface area contributed by atoms with Crippen molar-refractivity contribution < 1.29 is 23.8 Å². The van der Waals surface area contributed by atoms with E-state index in [1.165, 1.54) is 18.3 Å². The molecule has 1 N–H and O–H groups in total. The second-order valence-electron chi connectivity index (χ2n) is 6.76. The molecule has 0 saturated heterocycles. The Morgan fingerprint density at radius 3 is 2.83 bits per heavy atom. The summed E-state index contributed by atoms with van der Waals surface area (Å²) in [4.78, 5) is 29.0. The fourth-order valence-electron chi connectivity index (χ4n) is 3.21. The minimum atomic E-state index is -0.256. The first kappa shape index (κ1) is 20.1. The molecule has 0 aliphatic carbocycles. The molecule has 0 spiro atoms. The number of rotatable bonds is 6. The number of methoxy groups -OCH3 is 1. The molecule has 8 nitrogen and oxygen atoms in total. The molecule has 9 heteroatoms. The number of nitrogens with zero attached hydrogens (tertiary/aromatic N) is 2. The molecular weight excluding hydrogens is 406 g/mol. The van der Waals surface area contributed by atoms with Crippen LogP contribution in [0.5, 0.6) is 11.5 Å².